The van der Waals surface area contributed by atoms with Crippen LogP contribution in [0.15, 0.2) is 36.4 Å². The topological polar surface area (TPSA) is 12.0 Å². The van der Waals surface area contributed by atoms with Crippen LogP contribution in [0.5, 0.6) is 0 Å². The maximum atomic E-state index is 13.8. The van der Waals surface area contributed by atoms with Crippen molar-refractivity contribution in [1.82, 2.24) is 0 Å². The van der Waals surface area contributed by atoms with E-state index in [0.717, 1.165) is 24.6 Å². The molecule has 0 radical (unpaired) electrons. The average molecular weight is 273 g/mol. The second kappa shape index (κ2) is 5.23. The fraction of sp³-hybridized carbons (Fsp3) is 0.294. The predicted octanol–water partition coefficient (Wildman–Crippen LogP) is 4.63. The summed E-state index contributed by atoms with van der Waals surface area (Å²) in [6.07, 6.45) is 3.45. The van der Waals surface area contributed by atoms with Crippen molar-refractivity contribution < 1.29 is 8.78 Å². The Morgan fingerprint density at radius 1 is 1.05 bits per heavy atom. The molecule has 1 unspecified atom stereocenters. The van der Waals surface area contributed by atoms with Gasteiger partial charge in [0.25, 0.3) is 0 Å². The lowest BCUT2D eigenvalue weighted by atomic mass is 10.1. The van der Waals surface area contributed by atoms with Gasteiger partial charge in [-0.2, -0.15) is 0 Å². The Bertz CT molecular complexity index is 637. The van der Waals surface area contributed by atoms with Gasteiger partial charge in [0.15, 0.2) is 11.6 Å². The van der Waals surface area contributed by atoms with E-state index in [2.05, 4.69) is 17.4 Å². The lowest BCUT2D eigenvalue weighted by molar-refractivity contribution is 0.494. The summed E-state index contributed by atoms with van der Waals surface area (Å²) in [5.41, 5.74) is 4.08. The highest BCUT2D eigenvalue weighted by molar-refractivity contribution is 5.51. The predicted molar refractivity (Wildman–Crippen MR) is 76.9 cm³/mol. The molecule has 0 amide bonds. The van der Waals surface area contributed by atoms with Gasteiger partial charge < -0.3 is 5.32 Å². The Morgan fingerprint density at radius 3 is 2.70 bits per heavy atom. The minimum absolute atomic E-state index is 0.273. The smallest absolute Gasteiger partial charge is 0.164 e. The van der Waals surface area contributed by atoms with E-state index in [9.17, 15) is 8.78 Å². The molecular formula is C17H17F2N. The monoisotopic (exact) mass is 273 g/mol. The number of fused-ring (bicyclic) bond motifs is 1. The van der Waals surface area contributed by atoms with Crippen LogP contribution in [0.4, 0.5) is 14.5 Å². The van der Waals surface area contributed by atoms with Crippen molar-refractivity contribution in [2.75, 3.05) is 5.32 Å². The maximum absolute atomic E-state index is 13.8. The third kappa shape index (κ3) is 2.40. The molecule has 0 spiro atoms. The number of hydrogen-bond donors (Lipinski definition) is 1. The molecule has 20 heavy (non-hydrogen) atoms. The van der Waals surface area contributed by atoms with E-state index in [1.807, 2.05) is 13.0 Å². The minimum Gasteiger partial charge on any atom is -0.378 e. The van der Waals surface area contributed by atoms with Gasteiger partial charge >= 0.3 is 0 Å². The van der Waals surface area contributed by atoms with E-state index in [1.165, 1.54) is 23.6 Å². The third-order valence-corrected chi connectivity index (χ3v) is 3.93. The van der Waals surface area contributed by atoms with Crippen molar-refractivity contribution >= 4 is 5.69 Å². The summed E-state index contributed by atoms with van der Waals surface area (Å²) in [6, 6.07) is 10.3. The molecule has 2 aromatic carbocycles. The number of halogens is 2. The highest BCUT2D eigenvalue weighted by Crippen LogP contribution is 2.28. The van der Waals surface area contributed by atoms with Crippen molar-refractivity contribution in [3.05, 3.63) is 64.7 Å². The van der Waals surface area contributed by atoms with Crippen LogP contribution < -0.4 is 5.32 Å². The molecular weight excluding hydrogens is 256 g/mol. The van der Waals surface area contributed by atoms with Crippen LogP contribution in [0.1, 0.15) is 36.1 Å². The summed E-state index contributed by atoms with van der Waals surface area (Å²) in [6.45, 7) is 1.84. The van der Waals surface area contributed by atoms with Gasteiger partial charge in [-0.05, 0) is 55.5 Å². The normalized spacial score (nSPS) is 14.9. The largest absolute Gasteiger partial charge is 0.378 e. The van der Waals surface area contributed by atoms with Gasteiger partial charge in [-0.25, -0.2) is 8.78 Å². The van der Waals surface area contributed by atoms with Crippen LogP contribution in [0.25, 0.3) is 0 Å². The van der Waals surface area contributed by atoms with Gasteiger partial charge in [-0.15, -0.1) is 0 Å². The van der Waals surface area contributed by atoms with E-state index in [1.54, 1.807) is 6.07 Å². The Labute approximate surface area is 117 Å². The number of nitrogens with one attached hydrogen (secondary N) is 1. The number of benzene rings is 2. The Morgan fingerprint density at radius 2 is 1.85 bits per heavy atom. The summed E-state index contributed by atoms with van der Waals surface area (Å²) < 4.78 is 27.0. The van der Waals surface area contributed by atoms with Crippen LogP contribution in [-0.2, 0) is 12.8 Å². The zero-order valence-electron chi connectivity index (χ0n) is 11.4. The third-order valence-electron chi connectivity index (χ3n) is 3.93. The average Bonchev–Trinajstić information content (AvgIpc) is 2.89. The second-order valence-corrected chi connectivity index (χ2v) is 5.35. The molecule has 1 aliphatic rings. The van der Waals surface area contributed by atoms with Crippen LogP contribution in [0.2, 0.25) is 0 Å². The molecule has 0 aromatic heterocycles. The summed E-state index contributed by atoms with van der Waals surface area (Å²) in [5.74, 6) is -1.57. The summed E-state index contributed by atoms with van der Waals surface area (Å²) in [4.78, 5) is 0. The molecule has 0 saturated heterocycles. The quantitative estimate of drug-likeness (QED) is 0.860. The molecule has 3 heteroatoms. The van der Waals surface area contributed by atoms with Crippen molar-refractivity contribution in [3.8, 4) is 0 Å². The number of anilines is 1. The molecule has 0 bridgehead atoms. The first-order valence-corrected chi connectivity index (χ1v) is 6.97. The Hall–Kier alpha value is -1.90. The maximum Gasteiger partial charge on any atom is 0.164 e. The molecule has 0 saturated carbocycles. The van der Waals surface area contributed by atoms with Crippen LogP contribution in [0, 0.1) is 11.6 Å². The summed E-state index contributed by atoms with van der Waals surface area (Å²) in [7, 11) is 0. The number of rotatable bonds is 3. The molecule has 1 atom stereocenters. The minimum atomic E-state index is -0.801. The van der Waals surface area contributed by atoms with Crippen LogP contribution in [0.3, 0.4) is 0 Å². The van der Waals surface area contributed by atoms with Gasteiger partial charge in [-0.1, -0.05) is 18.2 Å². The van der Waals surface area contributed by atoms with Gasteiger partial charge in [0, 0.05) is 11.3 Å². The standard InChI is InChI=1S/C17H17F2N/c1-11(15-6-3-7-16(18)17(15)19)20-14-9-8-12-4-2-5-13(12)10-14/h3,6-11,20H,2,4-5H2,1H3. The Balaban J connectivity index is 1.82. The highest BCUT2D eigenvalue weighted by Gasteiger charge is 2.15. The number of hydrogen-bond acceptors (Lipinski definition) is 1. The molecule has 0 fully saturated rings. The first-order chi connectivity index (χ1) is 9.65. The first kappa shape index (κ1) is 13.1. The first-order valence-electron chi connectivity index (χ1n) is 6.97. The van der Waals surface area contributed by atoms with Crippen molar-refractivity contribution in [3.63, 3.8) is 0 Å². The highest BCUT2D eigenvalue weighted by atomic mass is 19.2. The molecule has 0 heterocycles. The van der Waals surface area contributed by atoms with E-state index in [0.29, 0.717) is 5.56 Å². The van der Waals surface area contributed by atoms with E-state index >= 15 is 0 Å². The summed E-state index contributed by atoms with van der Waals surface area (Å²) >= 11 is 0. The van der Waals surface area contributed by atoms with Crippen LogP contribution in [-0.4, -0.2) is 0 Å². The van der Waals surface area contributed by atoms with Gasteiger partial charge in [-0.3, -0.25) is 0 Å². The van der Waals surface area contributed by atoms with Crippen LogP contribution >= 0.6 is 0 Å². The second-order valence-electron chi connectivity index (χ2n) is 5.35. The lowest BCUT2D eigenvalue weighted by Crippen LogP contribution is -2.09. The fourth-order valence-corrected chi connectivity index (χ4v) is 2.84. The van der Waals surface area contributed by atoms with E-state index in [-0.39, 0.29) is 6.04 Å². The lowest BCUT2D eigenvalue weighted by Gasteiger charge is -2.17. The van der Waals surface area contributed by atoms with Gasteiger partial charge in [0.1, 0.15) is 0 Å². The summed E-state index contributed by atoms with van der Waals surface area (Å²) in [5, 5.41) is 3.25. The zero-order chi connectivity index (χ0) is 14.1. The zero-order valence-corrected chi connectivity index (χ0v) is 11.4. The molecule has 104 valence electrons. The SMILES string of the molecule is CC(Nc1ccc2c(c1)CCC2)c1cccc(F)c1F. The van der Waals surface area contributed by atoms with E-state index in [4.69, 9.17) is 0 Å². The fourth-order valence-electron chi connectivity index (χ4n) is 2.84. The van der Waals surface area contributed by atoms with Gasteiger partial charge in [0.05, 0.1) is 6.04 Å². The Kier molecular flexibility index (Phi) is 3.43. The molecule has 1 nitrogen and oxygen atoms in total. The molecule has 3 rings (SSSR count). The van der Waals surface area contributed by atoms with E-state index < -0.39 is 11.6 Å². The van der Waals surface area contributed by atoms with Crippen molar-refractivity contribution in [2.24, 2.45) is 0 Å². The molecule has 2 aromatic rings. The van der Waals surface area contributed by atoms with Crippen molar-refractivity contribution in [2.45, 2.75) is 32.2 Å². The molecule has 0 aliphatic heterocycles. The molecule has 1 N–H and O–H groups in total. The number of aryl methyl sites for hydroxylation is 2. The van der Waals surface area contributed by atoms with Gasteiger partial charge in [0.2, 0.25) is 0 Å². The van der Waals surface area contributed by atoms with Crippen molar-refractivity contribution in [1.29, 1.82) is 0 Å². The molecule has 1 aliphatic carbocycles.